The molecule has 0 spiro atoms. The molecule has 0 unspecified atom stereocenters. The summed E-state index contributed by atoms with van der Waals surface area (Å²) in [6.07, 6.45) is 0. The Morgan fingerprint density at radius 2 is 1.64 bits per heavy atom. The van der Waals surface area contributed by atoms with E-state index in [0.717, 1.165) is 0 Å². The second-order valence-corrected chi connectivity index (χ2v) is 5.30. The topological polar surface area (TPSA) is 54.4 Å². The van der Waals surface area contributed by atoms with Crippen molar-refractivity contribution in [2.45, 2.75) is 23.9 Å². The Kier molecular flexibility index (Phi) is 4.11. The fourth-order valence-electron chi connectivity index (χ4n) is 0.765. The Morgan fingerprint density at radius 3 is 1.64 bits per heavy atom. The lowest BCUT2D eigenvalue weighted by Crippen LogP contribution is -2.32. The number of alkyl halides is 2. The maximum absolute atomic E-state index is 10.6. The molecule has 1 atom stereocenters. The second-order valence-electron chi connectivity index (χ2n) is 2.56. The van der Waals surface area contributed by atoms with Gasteiger partial charge in [0.05, 0.1) is 0 Å². The summed E-state index contributed by atoms with van der Waals surface area (Å²) in [4.78, 5) is -1.09. The minimum atomic E-state index is -4.13. The Morgan fingerprint density at radius 1 is 1.27 bits per heavy atom. The first kappa shape index (κ1) is 11.5. The quantitative estimate of drug-likeness (QED) is 0.582. The van der Waals surface area contributed by atoms with Gasteiger partial charge in [0.2, 0.25) is 0 Å². The van der Waals surface area contributed by atoms with E-state index >= 15 is 0 Å². The Balaban J connectivity index is 4.64. The van der Waals surface area contributed by atoms with Crippen LogP contribution in [0.25, 0.3) is 0 Å². The molecule has 68 valence electrons. The summed E-state index contributed by atoms with van der Waals surface area (Å²) in [6, 6.07) is 0. The molecule has 0 heterocycles. The van der Waals surface area contributed by atoms with Gasteiger partial charge < -0.3 is 0 Å². The van der Waals surface area contributed by atoms with E-state index in [1.54, 1.807) is 13.8 Å². The van der Waals surface area contributed by atoms with Gasteiger partial charge in [0.15, 0.2) is 0 Å². The van der Waals surface area contributed by atoms with Crippen molar-refractivity contribution in [3.05, 3.63) is 0 Å². The van der Waals surface area contributed by atoms with Crippen molar-refractivity contribution in [3.8, 4) is 0 Å². The monoisotopic (exact) mass is 220 g/mol. The molecule has 0 aliphatic rings. The summed E-state index contributed by atoms with van der Waals surface area (Å²) in [5.74, 6) is -0.301. The van der Waals surface area contributed by atoms with Crippen LogP contribution in [0.15, 0.2) is 0 Å². The average molecular weight is 221 g/mol. The van der Waals surface area contributed by atoms with Crippen LogP contribution in [0.1, 0.15) is 13.8 Å². The van der Waals surface area contributed by atoms with E-state index in [4.69, 9.17) is 27.8 Å². The number of hydrogen-bond acceptors (Lipinski definition) is 2. The van der Waals surface area contributed by atoms with Gasteiger partial charge in [-0.1, -0.05) is 13.8 Å². The molecule has 0 saturated carbocycles. The predicted octanol–water partition coefficient (Wildman–Crippen LogP) is 1.70. The first-order valence-electron chi connectivity index (χ1n) is 3.01. The van der Waals surface area contributed by atoms with Crippen molar-refractivity contribution >= 4 is 33.3 Å². The first-order valence-corrected chi connectivity index (χ1v) is 5.39. The molecule has 0 aliphatic heterocycles. The maximum atomic E-state index is 10.6. The van der Waals surface area contributed by atoms with E-state index in [0.29, 0.717) is 0 Å². The largest absolute Gasteiger partial charge is 0.285 e. The highest BCUT2D eigenvalue weighted by Crippen LogP contribution is 2.22. The van der Waals surface area contributed by atoms with Crippen LogP contribution in [-0.4, -0.2) is 23.1 Å². The normalized spacial score (nSPS) is 15.9. The molecule has 6 heteroatoms. The standard InChI is InChI=1S/C5H10Cl2O3S/c1-3(2)4(5(6)7)11(8,9)10/h3-5H,1-2H3,(H,8,9,10)/t4-/m1/s1. The molecule has 0 aromatic heterocycles. The molecule has 0 amide bonds. The van der Waals surface area contributed by atoms with Gasteiger partial charge in [-0.05, 0) is 5.92 Å². The summed E-state index contributed by atoms with van der Waals surface area (Å²) in [7, 11) is -4.13. The van der Waals surface area contributed by atoms with Crippen molar-refractivity contribution in [2.75, 3.05) is 0 Å². The lowest BCUT2D eigenvalue weighted by molar-refractivity contribution is 0.447. The van der Waals surface area contributed by atoms with E-state index < -0.39 is 20.2 Å². The zero-order valence-corrected chi connectivity index (χ0v) is 8.49. The molecule has 0 bridgehead atoms. The van der Waals surface area contributed by atoms with Crippen molar-refractivity contribution in [1.29, 1.82) is 0 Å². The van der Waals surface area contributed by atoms with Gasteiger partial charge in [-0.25, -0.2) is 0 Å². The first-order chi connectivity index (χ1) is 4.76. The summed E-state index contributed by atoms with van der Waals surface area (Å²) < 4.78 is 29.8. The molecule has 0 aromatic rings. The number of rotatable bonds is 3. The lowest BCUT2D eigenvalue weighted by atomic mass is 10.1. The molecule has 0 rings (SSSR count). The number of hydrogen-bond donors (Lipinski definition) is 1. The summed E-state index contributed by atoms with van der Waals surface area (Å²) in [6.45, 7) is 3.24. The van der Waals surface area contributed by atoms with E-state index in [1.165, 1.54) is 0 Å². The molecule has 3 nitrogen and oxygen atoms in total. The molecular weight excluding hydrogens is 211 g/mol. The molecule has 11 heavy (non-hydrogen) atoms. The third-order valence-corrected chi connectivity index (χ3v) is 3.60. The van der Waals surface area contributed by atoms with Crippen molar-refractivity contribution < 1.29 is 13.0 Å². The van der Waals surface area contributed by atoms with Crippen LogP contribution in [0.2, 0.25) is 0 Å². The molecule has 1 N–H and O–H groups in total. The molecule has 0 fully saturated rings. The van der Waals surface area contributed by atoms with Gasteiger partial charge in [-0.15, -0.1) is 23.2 Å². The van der Waals surface area contributed by atoms with Gasteiger partial charge in [0, 0.05) is 0 Å². The second kappa shape index (κ2) is 3.94. The Bertz CT molecular complexity index is 202. The zero-order valence-electron chi connectivity index (χ0n) is 6.16. The van der Waals surface area contributed by atoms with Crippen molar-refractivity contribution in [2.24, 2.45) is 5.92 Å². The molecular formula is C5H10Cl2O3S. The summed E-state index contributed by atoms with van der Waals surface area (Å²) in [5, 5.41) is -1.11. The smallest absolute Gasteiger partial charge is 0.270 e. The predicted molar refractivity (Wildman–Crippen MR) is 45.7 cm³/mol. The zero-order chi connectivity index (χ0) is 9.23. The van der Waals surface area contributed by atoms with Crippen LogP contribution in [-0.2, 0) is 10.1 Å². The third kappa shape index (κ3) is 3.60. The van der Waals surface area contributed by atoms with Gasteiger partial charge in [-0.3, -0.25) is 4.55 Å². The minimum Gasteiger partial charge on any atom is -0.285 e. The van der Waals surface area contributed by atoms with Crippen LogP contribution in [0.4, 0.5) is 0 Å². The lowest BCUT2D eigenvalue weighted by Gasteiger charge is -2.17. The van der Waals surface area contributed by atoms with Crippen LogP contribution in [0.5, 0.6) is 0 Å². The number of halogens is 2. The Hall–Kier alpha value is 0.490. The van der Waals surface area contributed by atoms with Gasteiger partial charge >= 0.3 is 0 Å². The van der Waals surface area contributed by atoms with Crippen LogP contribution in [0, 0.1) is 5.92 Å². The van der Waals surface area contributed by atoms with E-state index in [-0.39, 0.29) is 5.92 Å². The molecule has 0 aromatic carbocycles. The molecule has 0 saturated heterocycles. The van der Waals surface area contributed by atoms with Crippen LogP contribution < -0.4 is 0 Å². The Labute approximate surface area is 76.4 Å². The molecule has 0 radical (unpaired) electrons. The van der Waals surface area contributed by atoms with Gasteiger partial charge in [0.1, 0.15) is 10.1 Å². The highest BCUT2D eigenvalue weighted by molar-refractivity contribution is 7.86. The summed E-state index contributed by atoms with van der Waals surface area (Å²) >= 11 is 10.7. The van der Waals surface area contributed by atoms with E-state index in [1.807, 2.05) is 0 Å². The fraction of sp³-hybridized carbons (Fsp3) is 1.00. The van der Waals surface area contributed by atoms with Crippen molar-refractivity contribution in [3.63, 3.8) is 0 Å². The highest BCUT2D eigenvalue weighted by Gasteiger charge is 2.32. The SMILES string of the molecule is CC(C)[C@H](C(Cl)Cl)S(=O)(=O)O. The highest BCUT2D eigenvalue weighted by atomic mass is 35.5. The van der Waals surface area contributed by atoms with E-state index in [9.17, 15) is 8.42 Å². The maximum Gasteiger partial charge on any atom is 0.270 e. The minimum absolute atomic E-state index is 0.301. The van der Waals surface area contributed by atoms with Crippen LogP contribution >= 0.6 is 23.2 Å². The third-order valence-electron chi connectivity index (χ3n) is 1.25. The van der Waals surface area contributed by atoms with Crippen molar-refractivity contribution in [1.82, 2.24) is 0 Å². The fourth-order valence-corrected chi connectivity index (χ4v) is 3.07. The van der Waals surface area contributed by atoms with Crippen LogP contribution in [0.3, 0.4) is 0 Å². The van der Waals surface area contributed by atoms with Gasteiger partial charge in [-0.2, -0.15) is 8.42 Å². The van der Waals surface area contributed by atoms with Gasteiger partial charge in [0.25, 0.3) is 10.1 Å². The summed E-state index contributed by atoms with van der Waals surface area (Å²) in [5.41, 5.74) is 0. The average Bonchev–Trinajstić information content (AvgIpc) is 1.54. The molecule has 0 aliphatic carbocycles. The van der Waals surface area contributed by atoms with E-state index in [2.05, 4.69) is 0 Å².